The Morgan fingerprint density at radius 2 is 2.00 bits per heavy atom. The summed E-state index contributed by atoms with van der Waals surface area (Å²) in [4.78, 5) is 0. The molecule has 2 rings (SSSR count). The minimum Gasteiger partial charge on any atom is -0.379 e. The predicted octanol–water partition coefficient (Wildman–Crippen LogP) is -0.248. The lowest BCUT2D eigenvalue weighted by Gasteiger charge is -1.82. The van der Waals surface area contributed by atoms with Crippen LogP contribution in [0.1, 0.15) is 0 Å². The molecule has 0 bridgehead atoms. The molecule has 0 saturated carbocycles. The molecule has 0 radical (unpaired) electrons. The van der Waals surface area contributed by atoms with Crippen LogP contribution in [0.15, 0.2) is 4.63 Å². The first-order valence-electron chi connectivity index (χ1n) is 2.95. The average Bonchev–Trinajstić information content (AvgIpc) is 2.58. The molecule has 0 aliphatic carbocycles. The first-order chi connectivity index (χ1) is 5.77. The van der Waals surface area contributed by atoms with Gasteiger partial charge in [0, 0.05) is 0 Å². The smallest absolute Gasteiger partial charge is 0.203 e. The minimum atomic E-state index is 0.186. The van der Waals surface area contributed by atoms with E-state index in [1.165, 1.54) is 11.3 Å². The second kappa shape index (κ2) is 2.41. The lowest BCUT2D eigenvalue weighted by atomic mass is 10.5. The Bertz CT molecular complexity index is 394. The predicted molar refractivity (Wildman–Crippen MR) is 42.0 cm³/mol. The second-order valence-corrected chi connectivity index (χ2v) is 2.95. The van der Waals surface area contributed by atoms with Crippen molar-refractivity contribution in [2.45, 2.75) is 0 Å². The van der Waals surface area contributed by atoms with Crippen LogP contribution in [0, 0.1) is 0 Å². The topological polar surface area (TPSA) is 117 Å². The van der Waals surface area contributed by atoms with E-state index >= 15 is 0 Å². The second-order valence-electron chi connectivity index (χ2n) is 1.94. The van der Waals surface area contributed by atoms with E-state index in [1.54, 1.807) is 0 Å². The Morgan fingerprint density at radius 1 is 1.17 bits per heavy atom. The maximum atomic E-state index is 5.41. The van der Waals surface area contributed by atoms with Crippen LogP contribution in [0.2, 0.25) is 0 Å². The van der Waals surface area contributed by atoms with Gasteiger partial charge in [0.25, 0.3) is 0 Å². The molecule has 8 heteroatoms. The van der Waals surface area contributed by atoms with Gasteiger partial charge in [0.05, 0.1) is 0 Å². The minimum absolute atomic E-state index is 0.186. The van der Waals surface area contributed by atoms with Gasteiger partial charge in [0.15, 0.2) is 16.5 Å². The van der Waals surface area contributed by atoms with Gasteiger partial charge < -0.3 is 11.5 Å². The highest BCUT2D eigenvalue weighted by atomic mass is 32.1. The summed E-state index contributed by atoms with van der Waals surface area (Å²) in [7, 11) is 0. The van der Waals surface area contributed by atoms with Crippen LogP contribution in [-0.2, 0) is 0 Å². The summed E-state index contributed by atoms with van der Waals surface area (Å²) >= 11 is 1.17. The summed E-state index contributed by atoms with van der Waals surface area (Å²) in [5.41, 5.74) is 11.2. The third kappa shape index (κ3) is 0.975. The molecule has 0 atom stereocenters. The van der Waals surface area contributed by atoms with Crippen molar-refractivity contribution in [3.05, 3.63) is 0 Å². The number of hydrogen-bond acceptors (Lipinski definition) is 8. The zero-order valence-electron chi connectivity index (χ0n) is 5.76. The van der Waals surface area contributed by atoms with E-state index in [1.807, 2.05) is 0 Å². The average molecular weight is 184 g/mol. The monoisotopic (exact) mass is 184 g/mol. The van der Waals surface area contributed by atoms with E-state index in [2.05, 4.69) is 25.1 Å². The van der Waals surface area contributed by atoms with Crippen molar-refractivity contribution in [1.82, 2.24) is 20.5 Å². The standard InChI is InChI=1S/C4H4N6OS/c5-2-1(9-11-10-2)3-7-8-4(6)12-3/h(H2,5,10)(H2,6,8). The Labute approximate surface area is 70.4 Å². The number of anilines is 2. The highest BCUT2D eigenvalue weighted by molar-refractivity contribution is 7.18. The molecule has 7 nitrogen and oxygen atoms in total. The fraction of sp³-hybridized carbons (Fsp3) is 0. The van der Waals surface area contributed by atoms with Crippen molar-refractivity contribution in [1.29, 1.82) is 0 Å². The molecule has 2 aromatic heterocycles. The van der Waals surface area contributed by atoms with Crippen molar-refractivity contribution in [2.24, 2.45) is 0 Å². The molecular weight excluding hydrogens is 180 g/mol. The van der Waals surface area contributed by atoms with E-state index < -0.39 is 0 Å². The molecule has 0 fully saturated rings. The largest absolute Gasteiger partial charge is 0.379 e. The maximum absolute atomic E-state index is 5.41. The highest BCUT2D eigenvalue weighted by Gasteiger charge is 2.13. The van der Waals surface area contributed by atoms with Crippen LogP contribution >= 0.6 is 11.3 Å². The third-order valence-corrected chi connectivity index (χ3v) is 1.92. The Morgan fingerprint density at radius 3 is 2.50 bits per heavy atom. The van der Waals surface area contributed by atoms with Crippen molar-refractivity contribution < 1.29 is 4.63 Å². The summed E-state index contributed by atoms with van der Waals surface area (Å²) in [6.07, 6.45) is 0. The molecule has 2 heterocycles. The SMILES string of the molecule is Nc1nnc(-c2nonc2N)s1. The van der Waals surface area contributed by atoms with Gasteiger partial charge in [-0.3, -0.25) is 0 Å². The molecular formula is C4H4N6OS. The van der Waals surface area contributed by atoms with Gasteiger partial charge in [-0.1, -0.05) is 11.3 Å². The summed E-state index contributed by atoms with van der Waals surface area (Å²) in [6, 6.07) is 0. The summed E-state index contributed by atoms with van der Waals surface area (Å²) in [5, 5.41) is 15.1. The van der Waals surface area contributed by atoms with E-state index in [-0.39, 0.29) is 5.82 Å². The molecule has 4 N–H and O–H groups in total. The first-order valence-corrected chi connectivity index (χ1v) is 3.76. The molecule has 0 saturated heterocycles. The fourth-order valence-electron chi connectivity index (χ4n) is 0.674. The number of hydrogen-bond donors (Lipinski definition) is 2. The lowest BCUT2D eigenvalue weighted by Crippen LogP contribution is -1.87. The summed E-state index contributed by atoms with van der Waals surface area (Å²) in [6.45, 7) is 0. The lowest BCUT2D eigenvalue weighted by molar-refractivity contribution is 0.310. The van der Waals surface area contributed by atoms with Gasteiger partial charge in [-0.05, 0) is 10.3 Å². The van der Waals surface area contributed by atoms with Crippen molar-refractivity contribution in [2.75, 3.05) is 11.5 Å². The normalized spacial score (nSPS) is 10.3. The molecule has 2 aromatic rings. The highest BCUT2D eigenvalue weighted by Crippen LogP contribution is 2.25. The molecule has 62 valence electrons. The van der Waals surface area contributed by atoms with Gasteiger partial charge >= 0.3 is 0 Å². The van der Waals surface area contributed by atoms with Crippen LogP contribution in [0.5, 0.6) is 0 Å². The molecule has 0 amide bonds. The van der Waals surface area contributed by atoms with Gasteiger partial charge in [-0.25, -0.2) is 4.63 Å². The van der Waals surface area contributed by atoms with Crippen LogP contribution in [-0.4, -0.2) is 20.5 Å². The maximum Gasteiger partial charge on any atom is 0.203 e. The fourth-order valence-corrected chi connectivity index (χ4v) is 1.27. The van der Waals surface area contributed by atoms with Crippen LogP contribution < -0.4 is 11.5 Å². The number of nitrogens with two attached hydrogens (primary N) is 2. The van der Waals surface area contributed by atoms with Gasteiger partial charge in [0.1, 0.15) is 0 Å². The van der Waals surface area contributed by atoms with Gasteiger partial charge in [-0.2, -0.15) is 0 Å². The molecule has 0 unspecified atom stereocenters. The van der Waals surface area contributed by atoms with E-state index in [0.29, 0.717) is 15.8 Å². The Hall–Kier alpha value is -1.70. The quantitative estimate of drug-likeness (QED) is 0.627. The molecule has 0 aliphatic rings. The Kier molecular flexibility index (Phi) is 1.40. The van der Waals surface area contributed by atoms with Gasteiger partial charge in [-0.15, -0.1) is 10.2 Å². The van der Waals surface area contributed by atoms with E-state index in [4.69, 9.17) is 11.5 Å². The number of nitrogen functional groups attached to an aromatic ring is 2. The Balaban J connectivity index is 2.50. The van der Waals surface area contributed by atoms with Crippen LogP contribution in [0.4, 0.5) is 10.9 Å². The first kappa shape index (κ1) is 6.98. The van der Waals surface area contributed by atoms with Crippen LogP contribution in [0.3, 0.4) is 0 Å². The number of nitrogens with zero attached hydrogens (tertiary/aromatic N) is 4. The molecule has 0 spiro atoms. The van der Waals surface area contributed by atoms with E-state index in [0.717, 1.165) is 0 Å². The summed E-state index contributed by atoms with van der Waals surface area (Å²) in [5.74, 6) is 0.186. The third-order valence-electron chi connectivity index (χ3n) is 1.16. The van der Waals surface area contributed by atoms with Crippen molar-refractivity contribution in [3.8, 4) is 10.7 Å². The zero-order valence-corrected chi connectivity index (χ0v) is 6.58. The number of rotatable bonds is 1. The van der Waals surface area contributed by atoms with E-state index in [9.17, 15) is 0 Å². The van der Waals surface area contributed by atoms with Crippen molar-refractivity contribution in [3.63, 3.8) is 0 Å². The molecule has 0 aromatic carbocycles. The zero-order chi connectivity index (χ0) is 8.55. The van der Waals surface area contributed by atoms with Gasteiger partial charge in [0.2, 0.25) is 5.13 Å². The molecule has 12 heavy (non-hydrogen) atoms. The number of aromatic nitrogens is 4. The molecule has 0 aliphatic heterocycles. The van der Waals surface area contributed by atoms with Crippen LogP contribution in [0.25, 0.3) is 10.7 Å². The van der Waals surface area contributed by atoms with Crippen molar-refractivity contribution >= 4 is 22.3 Å². The summed E-state index contributed by atoms with van der Waals surface area (Å²) < 4.78 is 4.38.